The highest BCUT2D eigenvalue weighted by Gasteiger charge is 2.48. The first-order valence-corrected chi connectivity index (χ1v) is 13.3. The quantitative estimate of drug-likeness (QED) is 0.204. The second-order valence-electron chi connectivity index (χ2n) is 10.3. The summed E-state index contributed by atoms with van der Waals surface area (Å²) in [6.07, 6.45) is -5.41. The summed E-state index contributed by atoms with van der Waals surface area (Å²) in [4.78, 5) is 27.3. The predicted octanol–water partition coefficient (Wildman–Crippen LogP) is -0.115. The summed E-state index contributed by atoms with van der Waals surface area (Å²) in [6.45, 7) is 5.09. The van der Waals surface area contributed by atoms with Crippen molar-refractivity contribution in [3.05, 3.63) is 47.7 Å². The number of nitrogens with zero attached hydrogens (tertiary/aromatic N) is 1. The molecule has 0 bridgehead atoms. The fourth-order valence-corrected chi connectivity index (χ4v) is 5.78. The lowest BCUT2D eigenvalue weighted by molar-refractivity contribution is -0.339. The van der Waals surface area contributed by atoms with Gasteiger partial charge in [-0.25, -0.2) is 4.79 Å². The van der Waals surface area contributed by atoms with E-state index in [1.807, 2.05) is 0 Å². The van der Waals surface area contributed by atoms with Crippen molar-refractivity contribution >= 4 is 11.9 Å². The van der Waals surface area contributed by atoms with Crippen LogP contribution >= 0.6 is 0 Å². The number of aromatic hydroxyl groups is 1. The fourth-order valence-electron chi connectivity index (χ4n) is 5.78. The van der Waals surface area contributed by atoms with E-state index in [1.54, 1.807) is 17.0 Å². The molecule has 5 N–H and O–H groups in total. The molecule has 0 spiro atoms. The smallest absolute Gasteiger partial charge is 0.337 e. The van der Waals surface area contributed by atoms with Gasteiger partial charge in [0, 0.05) is 25.3 Å². The number of amides is 1. The van der Waals surface area contributed by atoms with Crippen LogP contribution in [-0.4, -0.2) is 107 Å². The highest BCUT2D eigenvalue weighted by atomic mass is 16.8. The second kappa shape index (κ2) is 12.8. The van der Waals surface area contributed by atoms with Gasteiger partial charge in [0.1, 0.15) is 24.4 Å². The predicted molar refractivity (Wildman–Crippen MR) is 140 cm³/mol. The number of benzene rings is 1. The van der Waals surface area contributed by atoms with E-state index in [4.69, 9.17) is 23.7 Å². The van der Waals surface area contributed by atoms with Gasteiger partial charge in [-0.1, -0.05) is 6.08 Å². The molecule has 1 saturated heterocycles. The van der Waals surface area contributed by atoms with Crippen molar-refractivity contribution in [2.45, 2.75) is 62.8 Å². The minimum atomic E-state index is -1.68. The maximum absolute atomic E-state index is 12.9. The first-order valence-electron chi connectivity index (χ1n) is 13.3. The van der Waals surface area contributed by atoms with Gasteiger partial charge in [0.25, 0.3) is 0 Å². The monoisotopic (exact) mass is 579 g/mol. The molecule has 1 aromatic carbocycles. The van der Waals surface area contributed by atoms with Gasteiger partial charge in [0.05, 0.1) is 38.7 Å². The Balaban J connectivity index is 1.70. The van der Waals surface area contributed by atoms with Crippen LogP contribution in [-0.2, 0) is 35.0 Å². The molecule has 13 heteroatoms. The molecule has 4 rings (SSSR count). The number of hydrogen-bond acceptors (Lipinski definition) is 12. The fraction of sp³-hybridized carbons (Fsp3) is 0.571. The molecule has 0 saturated carbocycles. The van der Waals surface area contributed by atoms with Crippen molar-refractivity contribution < 1.29 is 58.8 Å². The molecule has 41 heavy (non-hydrogen) atoms. The summed E-state index contributed by atoms with van der Waals surface area (Å²) >= 11 is 0. The summed E-state index contributed by atoms with van der Waals surface area (Å²) in [5, 5.41) is 50.7. The van der Waals surface area contributed by atoms with Gasteiger partial charge < -0.3 is 54.1 Å². The average molecular weight is 580 g/mol. The number of rotatable bonds is 8. The molecule has 0 aliphatic carbocycles. The summed E-state index contributed by atoms with van der Waals surface area (Å²) in [6, 6.07) is 2.74. The van der Waals surface area contributed by atoms with Crippen molar-refractivity contribution in [2.75, 3.05) is 27.4 Å². The van der Waals surface area contributed by atoms with Crippen LogP contribution in [0, 0.1) is 11.8 Å². The number of carbonyl (C=O) groups excluding carboxylic acids is 2. The van der Waals surface area contributed by atoms with Crippen molar-refractivity contribution in [1.82, 2.24) is 4.90 Å². The molecule has 1 amide bonds. The lowest BCUT2D eigenvalue weighted by atomic mass is 9.76. The van der Waals surface area contributed by atoms with Crippen molar-refractivity contribution in [2.24, 2.45) is 11.8 Å². The van der Waals surface area contributed by atoms with E-state index in [0.29, 0.717) is 13.0 Å². The van der Waals surface area contributed by atoms with Crippen LogP contribution < -0.4 is 4.74 Å². The lowest BCUT2D eigenvalue weighted by Gasteiger charge is -2.44. The third-order valence-electron chi connectivity index (χ3n) is 8.00. The number of carbonyl (C=O) groups is 2. The van der Waals surface area contributed by atoms with E-state index in [-0.39, 0.29) is 29.4 Å². The minimum absolute atomic E-state index is 0.0283. The first kappa shape index (κ1) is 30.8. The number of hydrogen-bond donors (Lipinski definition) is 5. The molecule has 3 heterocycles. The van der Waals surface area contributed by atoms with E-state index in [9.17, 15) is 35.1 Å². The SMILES string of the molecule is C=C[C@H]1[C@H](O[C@@H]2O[C@H](CO)[C@@H](O)[C@H](O)[C@H]2O)OC=C(C(=O)OC)[C@H]1C[C@@H]1c2cc(OC)c(O)cc2CCN1C(C)=O. The number of ether oxygens (including phenoxy) is 5. The highest BCUT2D eigenvalue weighted by Crippen LogP contribution is 2.45. The van der Waals surface area contributed by atoms with Gasteiger partial charge in [-0.05, 0) is 36.1 Å². The molecule has 3 aliphatic heterocycles. The Morgan fingerprint density at radius 1 is 1.15 bits per heavy atom. The van der Waals surface area contributed by atoms with Gasteiger partial charge in [0.2, 0.25) is 12.2 Å². The zero-order valence-corrected chi connectivity index (χ0v) is 23.1. The third kappa shape index (κ3) is 5.92. The number of phenolic OH excluding ortho intramolecular Hbond substituents is 1. The largest absolute Gasteiger partial charge is 0.504 e. The molecule has 3 aliphatic rings. The summed E-state index contributed by atoms with van der Waals surface area (Å²) in [5.74, 6) is -2.08. The summed E-state index contributed by atoms with van der Waals surface area (Å²) in [5.41, 5.74) is 1.73. The van der Waals surface area contributed by atoms with E-state index in [0.717, 1.165) is 11.1 Å². The highest BCUT2D eigenvalue weighted by molar-refractivity contribution is 5.89. The van der Waals surface area contributed by atoms with Gasteiger partial charge in [0.15, 0.2) is 17.8 Å². The van der Waals surface area contributed by atoms with Crippen molar-refractivity contribution in [3.63, 3.8) is 0 Å². The third-order valence-corrected chi connectivity index (χ3v) is 8.00. The van der Waals surface area contributed by atoms with Crippen LogP contribution in [0.1, 0.15) is 30.5 Å². The van der Waals surface area contributed by atoms with Crippen LogP contribution in [0.3, 0.4) is 0 Å². The zero-order valence-electron chi connectivity index (χ0n) is 23.1. The van der Waals surface area contributed by atoms with Crippen LogP contribution in [0.2, 0.25) is 0 Å². The molecule has 1 aromatic rings. The van der Waals surface area contributed by atoms with E-state index < -0.39 is 67.4 Å². The number of esters is 1. The minimum Gasteiger partial charge on any atom is -0.504 e. The Kier molecular flexibility index (Phi) is 9.57. The molecule has 226 valence electrons. The average Bonchev–Trinajstić information content (AvgIpc) is 2.96. The van der Waals surface area contributed by atoms with Gasteiger partial charge in [-0.2, -0.15) is 0 Å². The number of fused-ring (bicyclic) bond motifs is 1. The standard InChI is InChI=1S/C28H37NO12/c1-5-15-17(9-19-16-10-21(37-3)20(32)8-14(16)6-7-29(19)13(2)31)18(26(36)38-4)12-39-27(15)41-28-25(35)24(34)23(33)22(11-30)40-28/h5,8,10,12,15,17,19,22-25,27-28,30,32-35H,1,6-7,9,11H2,2-4H3/t15-,17+,19-,22-,23-,24+,25-,27+,28+/m1/s1. The van der Waals surface area contributed by atoms with Crippen LogP contribution in [0.4, 0.5) is 0 Å². The van der Waals surface area contributed by atoms with Crippen LogP contribution in [0.5, 0.6) is 11.5 Å². The summed E-state index contributed by atoms with van der Waals surface area (Å²) in [7, 11) is 2.65. The molecule has 1 fully saturated rings. The topological polar surface area (TPSA) is 185 Å². The molecule has 0 radical (unpaired) electrons. The normalized spacial score (nSPS) is 33.2. The zero-order chi connectivity index (χ0) is 30.0. The summed E-state index contributed by atoms with van der Waals surface area (Å²) < 4.78 is 27.4. The number of phenols is 1. The van der Waals surface area contributed by atoms with Crippen molar-refractivity contribution in [1.29, 1.82) is 0 Å². The van der Waals surface area contributed by atoms with E-state index in [2.05, 4.69) is 6.58 Å². The van der Waals surface area contributed by atoms with E-state index in [1.165, 1.54) is 33.5 Å². The number of aliphatic hydroxyl groups is 4. The van der Waals surface area contributed by atoms with Crippen molar-refractivity contribution in [3.8, 4) is 11.5 Å². The molecule has 13 nitrogen and oxygen atoms in total. The van der Waals surface area contributed by atoms with Gasteiger partial charge in [-0.3, -0.25) is 4.79 Å². The molecule has 9 atom stereocenters. The number of aliphatic hydroxyl groups excluding tert-OH is 4. The molecule has 0 unspecified atom stereocenters. The van der Waals surface area contributed by atoms with E-state index >= 15 is 0 Å². The maximum atomic E-state index is 12.9. The van der Waals surface area contributed by atoms with Crippen LogP contribution in [0.15, 0.2) is 36.6 Å². The second-order valence-corrected chi connectivity index (χ2v) is 10.3. The lowest BCUT2D eigenvalue weighted by Crippen LogP contribution is -2.60. The van der Waals surface area contributed by atoms with Gasteiger partial charge >= 0.3 is 5.97 Å². The Morgan fingerprint density at radius 3 is 2.49 bits per heavy atom. The molecular weight excluding hydrogens is 542 g/mol. The van der Waals surface area contributed by atoms with Gasteiger partial charge in [-0.15, -0.1) is 6.58 Å². The Hall–Kier alpha value is -3.20. The first-order chi connectivity index (χ1) is 19.6. The molecular formula is C28H37NO12. The Morgan fingerprint density at radius 2 is 1.88 bits per heavy atom. The Bertz CT molecular complexity index is 1170. The maximum Gasteiger partial charge on any atom is 0.337 e. The molecule has 0 aromatic heterocycles. The Labute approximate surface area is 237 Å². The number of methoxy groups -OCH3 is 2. The van der Waals surface area contributed by atoms with Crippen LogP contribution in [0.25, 0.3) is 0 Å².